The van der Waals surface area contributed by atoms with Crippen molar-refractivity contribution in [3.8, 4) is 0 Å². The molecular formula is C18H26N4O2. The van der Waals surface area contributed by atoms with E-state index in [1.165, 1.54) is 12.1 Å². The van der Waals surface area contributed by atoms with Crippen LogP contribution in [0.1, 0.15) is 52.1 Å². The quantitative estimate of drug-likeness (QED) is 0.913. The lowest BCUT2D eigenvalue weighted by Gasteiger charge is -2.22. The van der Waals surface area contributed by atoms with Crippen molar-refractivity contribution in [3.63, 3.8) is 0 Å². The third-order valence-corrected chi connectivity index (χ3v) is 4.75. The predicted molar refractivity (Wildman–Crippen MR) is 92.1 cm³/mol. The minimum Gasteiger partial charge on any atom is -0.465 e. The number of likely N-dealkylation sites (N-methyl/N-ethyl adjacent to an activating group) is 1. The second kappa shape index (κ2) is 6.81. The molecule has 0 spiro atoms. The number of nitrogens with zero attached hydrogens (tertiary/aromatic N) is 3. The maximum Gasteiger partial charge on any atom is 0.272 e. The molecule has 6 heteroatoms. The van der Waals surface area contributed by atoms with Gasteiger partial charge in [-0.15, -0.1) is 0 Å². The topological polar surface area (TPSA) is 63.3 Å². The number of carbonyl (C=O) groups excluding carboxylic acids is 1. The van der Waals surface area contributed by atoms with Crippen LogP contribution < -0.4 is 5.32 Å². The maximum absolute atomic E-state index is 12.7. The third-order valence-electron chi connectivity index (χ3n) is 4.75. The minimum atomic E-state index is -0.0936. The molecule has 1 atom stereocenters. The summed E-state index contributed by atoms with van der Waals surface area (Å²) >= 11 is 0. The summed E-state index contributed by atoms with van der Waals surface area (Å²) < 4.78 is 7.59. The first-order valence-corrected chi connectivity index (χ1v) is 8.53. The van der Waals surface area contributed by atoms with Crippen molar-refractivity contribution in [2.45, 2.75) is 38.6 Å². The van der Waals surface area contributed by atoms with Crippen molar-refractivity contribution in [1.82, 2.24) is 20.0 Å². The monoisotopic (exact) mass is 330 g/mol. The molecule has 0 radical (unpaired) electrons. The van der Waals surface area contributed by atoms with E-state index in [4.69, 9.17) is 4.42 Å². The minimum absolute atomic E-state index is 0.00203. The Kier molecular flexibility index (Phi) is 4.76. The molecule has 0 fully saturated rings. The maximum atomic E-state index is 12.7. The van der Waals surface area contributed by atoms with Gasteiger partial charge in [0.15, 0.2) is 5.69 Å². The molecule has 2 aromatic heterocycles. The molecule has 0 aromatic carbocycles. The Bertz CT molecular complexity index is 729. The Morgan fingerprint density at radius 3 is 2.79 bits per heavy atom. The van der Waals surface area contributed by atoms with E-state index in [-0.39, 0.29) is 11.9 Å². The highest BCUT2D eigenvalue weighted by Gasteiger charge is 2.25. The largest absolute Gasteiger partial charge is 0.465 e. The van der Waals surface area contributed by atoms with Gasteiger partial charge in [-0.2, -0.15) is 5.10 Å². The number of furan rings is 1. The number of fused-ring (bicyclic) bond motifs is 1. The zero-order valence-corrected chi connectivity index (χ0v) is 14.9. The molecule has 0 saturated heterocycles. The van der Waals surface area contributed by atoms with E-state index in [0.29, 0.717) is 12.2 Å². The van der Waals surface area contributed by atoms with E-state index in [1.54, 1.807) is 0 Å². The van der Waals surface area contributed by atoms with Crippen molar-refractivity contribution in [2.24, 2.45) is 7.05 Å². The van der Waals surface area contributed by atoms with E-state index in [2.05, 4.69) is 10.4 Å². The standard InChI is InChI=1S/C18H26N4O2/c1-12-9-10-16(24-12)15(21(2)3)11-19-18(23)17-13-7-5-6-8-14(13)22(4)20-17/h9-10,15H,5-8,11H2,1-4H3,(H,19,23). The summed E-state index contributed by atoms with van der Waals surface area (Å²) in [5.41, 5.74) is 2.91. The first-order valence-electron chi connectivity index (χ1n) is 8.53. The Hall–Kier alpha value is -2.08. The highest BCUT2D eigenvalue weighted by Crippen LogP contribution is 2.24. The Morgan fingerprint density at radius 2 is 2.12 bits per heavy atom. The van der Waals surface area contributed by atoms with Crippen molar-refractivity contribution >= 4 is 5.91 Å². The summed E-state index contributed by atoms with van der Waals surface area (Å²) in [5.74, 6) is 1.65. The highest BCUT2D eigenvalue weighted by molar-refractivity contribution is 5.94. The Morgan fingerprint density at radius 1 is 1.38 bits per heavy atom. The first kappa shape index (κ1) is 16.8. The van der Waals surface area contributed by atoms with Crippen LogP contribution in [0.25, 0.3) is 0 Å². The van der Waals surface area contributed by atoms with Crippen LogP contribution in [-0.2, 0) is 19.9 Å². The number of nitrogens with one attached hydrogen (secondary N) is 1. The van der Waals surface area contributed by atoms with E-state index in [9.17, 15) is 4.79 Å². The van der Waals surface area contributed by atoms with Gasteiger partial charge < -0.3 is 9.73 Å². The SMILES string of the molecule is Cc1ccc(C(CNC(=O)c2nn(C)c3c2CCCC3)N(C)C)o1. The van der Waals surface area contributed by atoms with Crippen LogP contribution in [0.4, 0.5) is 0 Å². The molecule has 0 saturated carbocycles. The molecule has 2 aromatic rings. The van der Waals surface area contributed by atoms with Gasteiger partial charge in [0.05, 0.1) is 6.04 Å². The van der Waals surface area contributed by atoms with Crippen LogP contribution in [0, 0.1) is 6.92 Å². The van der Waals surface area contributed by atoms with Gasteiger partial charge >= 0.3 is 0 Å². The molecule has 24 heavy (non-hydrogen) atoms. The van der Waals surface area contributed by atoms with Gasteiger partial charge in [-0.05, 0) is 58.8 Å². The first-order chi connectivity index (χ1) is 11.5. The smallest absolute Gasteiger partial charge is 0.272 e. The predicted octanol–water partition coefficient (Wildman–Crippen LogP) is 2.23. The Labute approximate surface area is 142 Å². The number of aromatic nitrogens is 2. The molecular weight excluding hydrogens is 304 g/mol. The van der Waals surface area contributed by atoms with Crippen LogP contribution in [0.2, 0.25) is 0 Å². The van der Waals surface area contributed by atoms with E-state index in [1.807, 2.05) is 49.8 Å². The zero-order valence-electron chi connectivity index (χ0n) is 14.9. The third kappa shape index (κ3) is 3.24. The average molecular weight is 330 g/mol. The summed E-state index contributed by atoms with van der Waals surface area (Å²) in [6.45, 7) is 2.42. The van der Waals surface area contributed by atoms with Gasteiger partial charge in [-0.3, -0.25) is 14.4 Å². The highest BCUT2D eigenvalue weighted by atomic mass is 16.3. The van der Waals surface area contributed by atoms with Gasteiger partial charge in [0.25, 0.3) is 5.91 Å². The van der Waals surface area contributed by atoms with Gasteiger partial charge in [0.2, 0.25) is 0 Å². The van der Waals surface area contributed by atoms with Crippen molar-refractivity contribution in [2.75, 3.05) is 20.6 Å². The van der Waals surface area contributed by atoms with Crippen LogP contribution in [-0.4, -0.2) is 41.2 Å². The van der Waals surface area contributed by atoms with Crippen molar-refractivity contribution in [1.29, 1.82) is 0 Å². The fourth-order valence-corrected chi connectivity index (χ4v) is 3.40. The molecule has 130 valence electrons. The lowest BCUT2D eigenvalue weighted by molar-refractivity contribution is 0.0932. The molecule has 1 amide bonds. The normalized spacial score (nSPS) is 15.4. The Balaban J connectivity index is 1.73. The molecule has 6 nitrogen and oxygen atoms in total. The van der Waals surface area contributed by atoms with Gasteiger partial charge in [-0.1, -0.05) is 0 Å². The second-order valence-corrected chi connectivity index (χ2v) is 6.74. The van der Waals surface area contributed by atoms with E-state index in [0.717, 1.165) is 36.3 Å². The second-order valence-electron chi connectivity index (χ2n) is 6.74. The fraction of sp³-hybridized carbons (Fsp3) is 0.556. The van der Waals surface area contributed by atoms with Crippen molar-refractivity contribution < 1.29 is 9.21 Å². The summed E-state index contributed by atoms with van der Waals surface area (Å²) in [4.78, 5) is 14.7. The van der Waals surface area contributed by atoms with Crippen LogP contribution in [0.5, 0.6) is 0 Å². The van der Waals surface area contributed by atoms with Crippen LogP contribution in [0.3, 0.4) is 0 Å². The number of hydrogen-bond acceptors (Lipinski definition) is 4. The fourth-order valence-electron chi connectivity index (χ4n) is 3.40. The average Bonchev–Trinajstić information content (AvgIpc) is 3.12. The zero-order chi connectivity index (χ0) is 17.3. The van der Waals surface area contributed by atoms with E-state index >= 15 is 0 Å². The number of aryl methyl sites for hydroxylation is 2. The molecule has 1 N–H and O–H groups in total. The number of amides is 1. The number of carbonyl (C=O) groups is 1. The molecule has 2 heterocycles. The number of rotatable bonds is 5. The number of hydrogen-bond donors (Lipinski definition) is 1. The molecule has 1 aliphatic carbocycles. The van der Waals surface area contributed by atoms with Gasteiger partial charge in [0.1, 0.15) is 11.5 Å². The summed E-state index contributed by atoms with van der Waals surface area (Å²) in [5, 5.41) is 7.49. The summed E-state index contributed by atoms with van der Waals surface area (Å²) in [6.07, 6.45) is 4.26. The van der Waals surface area contributed by atoms with Crippen LogP contribution >= 0.6 is 0 Å². The summed E-state index contributed by atoms with van der Waals surface area (Å²) in [7, 11) is 5.89. The molecule has 1 unspecified atom stereocenters. The molecule has 0 bridgehead atoms. The molecule has 0 aliphatic heterocycles. The molecule has 3 rings (SSSR count). The molecule has 1 aliphatic rings. The lowest BCUT2D eigenvalue weighted by Crippen LogP contribution is -2.35. The summed E-state index contributed by atoms with van der Waals surface area (Å²) in [6, 6.07) is 3.92. The van der Waals surface area contributed by atoms with Crippen molar-refractivity contribution in [3.05, 3.63) is 40.6 Å². The van der Waals surface area contributed by atoms with E-state index < -0.39 is 0 Å². The lowest BCUT2D eigenvalue weighted by atomic mass is 9.95. The van der Waals surface area contributed by atoms with Gasteiger partial charge in [-0.25, -0.2) is 0 Å². The van der Waals surface area contributed by atoms with Crippen LogP contribution in [0.15, 0.2) is 16.5 Å². The van der Waals surface area contributed by atoms with Gasteiger partial charge in [0, 0.05) is 24.8 Å².